The van der Waals surface area contributed by atoms with Gasteiger partial charge in [-0.2, -0.15) is 13.2 Å². The van der Waals surface area contributed by atoms with Crippen molar-refractivity contribution < 1.29 is 18.0 Å². The molecule has 3 N–H and O–H groups in total. The quantitative estimate of drug-likeness (QED) is 0.820. The maximum Gasteiger partial charge on any atom is 0.416 e. The first-order chi connectivity index (χ1) is 11.6. The van der Waals surface area contributed by atoms with Crippen molar-refractivity contribution >= 4 is 22.9 Å². The lowest BCUT2D eigenvalue weighted by Gasteiger charge is -2.12. The highest BCUT2D eigenvalue weighted by Gasteiger charge is 2.31. The first-order valence-electron chi connectivity index (χ1n) is 7.79. The van der Waals surface area contributed by atoms with Crippen LogP contribution in [-0.2, 0) is 19.1 Å². The number of anilines is 1. The lowest BCUT2D eigenvalue weighted by atomic mass is 10.1. The van der Waals surface area contributed by atoms with E-state index in [9.17, 15) is 18.0 Å². The lowest BCUT2D eigenvalue weighted by molar-refractivity contribution is -0.137. The van der Waals surface area contributed by atoms with E-state index in [2.05, 4.69) is 10.3 Å². The van der Waals surface area contributed by atoms with Crippen molar-refractivity contribution in [2.75, 3.05) is 5.32 Å². The van der Waals surface area contributed by atoms with Crippen molar-refractivity contribution in [3.8, 4) is 0 Å². The molecule has 1 heterocycles. The van der Waals surface area contributed by atoms with Gasteiger partial charge in [0.1, 0.15) is 4.88 Å². The predicted octanol–water partition coefficient (Wildman–Crippen LogP) is 4.38. The summed E-state index contributed by atoms with van der Waals surface area (Å²) in [5.41, 5.74) is 5.67. The number of aromatic nitrogens is 1. The lowest BCUT2D eigenvalue weighted by Crippen LogP contribution is -2.15. The van der Waals surface area contributed by atoms with Crippen LogP contribution < -0.4 is 11.1 Å². The number of halogens is 3. The summed E-state index contributed by atoms with van der Waals surface area (Å²) in [6, 6.07) is 3.34. The second kappa shape index (κ2) is 7.53. The van der Waals surface area contributed by atoms with Crippen molar-refractivity contribution in [2.45, 2.75) is 39.9 Å². The molecule has 0 unspecified atom stereocenters. The molecule has 1 amide bonds. The Hall–Kier alpha value is -1.93. The van der Waals surface area contributed by atoms with Crippen LogP contribution >= 0.6 is 11.3 Å². The first-order valence-corrected chi connectivity index (χ1v) is 8.60. The second-order valence-electron chi connectivity index (χ2n) is 6.18. The summed E-state index contributed by atoms with van der Waals surface area (Å²) in [4.78, 5) is 17.3. The van der Waals surface area contributed by atoms with Gasteiger partial charge in [-0.25, -0.2) is 4.98 Å². The highest BCUT2D eigenvalue weighted by atomic mass is 32.1. The monoisotopic (exact) mass is 371 g/mol. The molecule has 8 heteroatoms. The molecule has 0 atom stereocenters. The van der Waals surface area contributed by atoms with Crippen LogP contribution in [0.4, 0.5) is 18.9 Å². The molecule has 0 saturated heterocycles. The number of alkyl halides is 3. The number of nitrogens with zero attached hydrogens (tertiary/aromatic N) is 1. The molecule has 0 aliphatic rings. The Bertz CT molecular complexity index is 769. The molecule has 0 radical (unpaired) electrons. The number of hydrogen-bond donors (Lipinski definition) is 2. The SMILES string of the molecule is Cc1nc(CC(C)C)c(C(=O)Nc2cc(CN)cc(C(F)(F)F)c2)s1. The Kier molecular flexibility index (Phi) is 5.84. The number of thiazole rings is 1. The smallest absolute Gasteiger partial charge is 0.326 e. The molecule has 0 fully saturated rings. The fourth-order valence-electron chi connectivity index (χ4n) is 2.41. The van der Waals surface area contributed by atoms with Crippen LogP contribution in [0.5, 0.6) is 0 Å². The van der Waals surface area contributed by atoms with Gasteiger partial charge in [0.15, 0.2) is 0 Å². The van der Waals surface area contributed by atoms with E-state index >= 15 is 0 Å². The average molecular weight is 371 g/mol. The topological polar surface area (TPSA) is 68.0 Å². The third kappa shape index (κ3) is 5.02. The van der Waals surface area contributed by atoms with Crippen LogP contribution in [0.2, 0.25) is 0 Å². The van der Waals surface area contributed by atoms with Gasteiger partial charge in [-0.15, -0.1) is 11.3 Å². The molecule has 0 aliphatic heterocycles. The zero-order valence-corrected chi connectivity index (χ0v) is 15.0. The van der Waals surface area contributed by atoms with Gasteiger partial charge < -0.3 is 11.1 Å². The van der Waals surface area contributed by atoms with Gasteiger partial charge in [0.05, 0.1) is 16.3 Å². The van der Waals surface area contributed by atoms with Gasteiger partial charge >= 0.3 is 6.18 Å². The minimum atomic E-state index is -4.51. The zero-order valence-electron chi connectivity index (χ0n) is 14.2. The van der Waals surface area contributed by atoms with E-state index in [1.54, 1.807) is 6.92 Å². The van der Waals surface area contributed by atoms with Crippen molar-refractivity contribution in [3.63, 3.8) is 0 Å². The third-order valence-corrected chi connectivity index (χ3v) is 4.44. The van der Waals surface area contributed by atoms with Gasteiger partial charge in [-0.05, 0) is 43.0 Å². The maximum atomic E-state index is 13.0. The largest absolute Gasteiger partial charge is 0.416 e. The zero-order chi connectivity index (χ0) is 18.8. The molecule has 136 valence electrons. The van der Waals surface area contributed by atoms with Gasteiger partial charge in [0.2, 0.25) is 0 Å². The van der Waals surface area contributed by atoms with Gasteiger partial charge in [0, 0.05) is 12.2 Å². The Morgan fingerprint density at radius 3 is 2.56 bits per heavy atom. The Balaban J connectivity index is 2.32. The summed E-state index contributed by atoms with van der Waals surface area (Å²) in [6.07, 6.45) is -3.88. The van der Waals surface area contributed by atoms with Crippen molar-refractivity contribution in [3.05, 3.63) is 44.9 Å². The predicted molar refractivity (Wildman–Crippen MR) is 92.7 cm³/mol. The molecule has 0 aliphatic carbocycles. The summed E-state index contributed by atoms with van der Waals surface area (Å²) in [5, 5.41) is 3.29. The molecule has 0 bridgehead atoms. The number of carbonyl (C=O) groups excluding carboxylic acids is 1. The molecular weight excluding hydrogens is 351 g/mol. The van der Waals surface area contributed by atoms with E-state index < -0.39 is 17.6 Å². The number of nitrogens with one attached hydrogen (secondary N) is 1. The molecule has 0 saturated carbocycles. The molecule has 0 spiro atoms. The van der Waals surface area contributed by atoms with Crippen molar-refractivity contribution in [1.29, 1.82) is 0 Å². The van der Waals surface area contributed by atoms with Crippen LogP contribution in [0, 0.1) is 12.8 Å². The minimum absolute atomic E-state index is 0.0505. The molecule has 1 aromatic carbocycles. The van der Waals surface area contributed by atoms with Gasteiger partial charge in [-0.1, -0.05) is 13.8 Å². The Morgan fingerprint density at radius 2 is 2.00 bits per heavy atom. The second-order valence-corrected chi connectivity index (χ2v) is 7.38. The number of benzene rings is 1. The highest BCUT2D eigenvalue weighted by molar-refractivity contribution is 7.13. The van der Waals surface area contributed by atoms with Crippen LogP contribution in [0.1, 0.15) is 45.3 Å². The number of rotatable bonds is 5. The molecule has 4 nitrogen and oxygen atoms in total. The van der Waals surface area contributed by atoms with Crippen molar-refractivity contribution in [1.82, 2.24) is 4.98 Å². The van der Waals surface area contributed by atoms with E-state index in [1.165, 1.54) is 17.4 Å². The number of aryl methyl sites for hydroxylation is 1. The van der Waals surface area contributed by atoms with Gasteiger partial charge in [-0.3, -0.25) is 4.79 Å². The molecule has 25 heavy (non-hydrogen) atoms. The summed E-state index contributed by atoms with van der Waals surface area (Å²) < 4.78 is 39.0. The van der Waals surface area contributed by atoms with E-state index in [4.69, 9.17) is 5.73 Å². The summed E-state index contributed by atoms with van der Waals surface area (Å²) in [6.45, 7) is 5.76. The number of amides is 1. The standard InChI is InChI=1S/C17H20F3N3OS/c1-9(2)4-14-15(25-10(3)22-14)16(24)23-13-6-11(8-21)5-12(7-13)17(18,19)20/h5-7,9H,4,8,21H2,1-3H3,(H,23,24). The highest BCUT2D eigenvalue weighted by Crippen LogP contribution is 2.32. The van der Waals surface area contributed by atoms with E-state index in [1.807, 2.05) is 13.8 Å². The third-order valence-electron chi connectivity index (χ3n) is 3.43. The van der Waals surface area contributed by atoms with Crippen molar-refractivity contribution in [2.24, 2.45) is 11.7 Å². The summed E-state index contributed by atoms with van der Waals surface area (Å²) in [5.74, 6) is -0.144. The maximum absolute atomic E-state index is 13.0. The minimum Gasteiger partial charge on any atom is -0.326 e. The summed E-state index contributed by atoms with van der Waals surface area (Å²) >= 11 is 1.23. The van der Waals surface area contributed by atoms with Crippen LogP contribution in [-0.4, -0.2) is 10.9 Å². The Morgan fingerprint density at radius 1 is 1.32 bits per heavy atom. The summed E-state index contributed by atoms with van der Waals surface area (Å²) in [7, 11) is 0. The molecular formula is C17H20F3N3OS. The Labute approximate surface area is 148 Å². The average Bonchev–Trinajstić information content (AvgIpc) is 2.85. The van der Waals surface area contributed by atoms with Gasteiger partial charge in [0.25, 0.3) is 5.91 Å². The van der Waals surface area contributed by atoms with E-state index in [0.29, 0.717) is 28.5 Å². The van der Waals surface area contributed by atoms with Crippen LogP contribution in [0.3, 0.4) is 0 Å². The number of nitrogens with two attached hydrogens (primary N) is 1. The molecule has 2 rings (SSSR count). The fraction of sp³-hybridized carbons (Fsp3) is 0.412. The van der Waals surface area contributed by atoms with E-state index in [-0.39, 0.29) is 12.2 Å². The molecule has 1 aromatic heterocycles. The number of carbonyl (C=O) groups is 1. The van der Waals surface area contributed by atoms with Crippen LogP contribution in [0.15, 0.2) is 18.2 Å². The fourth-order valence-corrected chi connectivity index (χ4v) is 3.25. The first kappa shape index (κ1) is 19.4. The normalized spacial score (nSPS) is 11.8. The molecule has 2 aromatic rings. The number of hydrogen-bond acceptors (Lipinski definition) is 4. The van der Waals surface area contributed by atoms with E-state index in [0.717, 1.165) is 17.1 Å². The van der Waals surface area contributed by atoms with Crippen LogP contribution in [0.25, 0.3) is 0 Å².